The second-order valence-corrected chi connectivity index (χ2v) is 8.58. The van der Waals surface area contributed by atoms with Gasteiger partial charge in [0.15, 0.2) is 0 Å². The van der Waals surface area contributed by atoms with Crippen LogP contribution < -0.4 is 4.74 Å². The predicted molar refractivity (Wildman–Crippen MR) is 126 cm³/mol. The lowest BCUT2D eigenvalue weighted by atomic mass is 9.95. The molecule has 0 radical (unpaired) electrons. The molecule has 0 spiro atoms. The van der Waals surface area contributed by atoms with E-state index in [1.807, 2.05) is 30.3 Å². The Balaban J connectivity index is 1.67. The van der Waals surface area contributed by atoms with Crippen molar-refractivity contribution in [3.05, 3.63) is 71.3 Å². The summed E-state index contributed by atoms with van der Waals surface area (Å²) < 4.78 is 11.6. The van der Waals surface area contributed by atoms with E-state index in [1.165, 1.54) is 0 Å². The lowest BCUT2D eigenvalue weighted by Crippen LogP contribution is -2.36. The Morgan fingerprint density at radius 3 is 2.52 bits per heavy atom. The molecule has 0 bridgehead atoms. The van der Waals surface area contributed by atoms with E-state index in [0.717, 1.165) is 43.4 Å². The summed E-state index contributed by atoms with van der Waals surface area (Å²) in [4.78, 5) is 27.7. The summed E-state index contributed by atoms with van der Waals surface area (Å²) in [7, 11) is 0. The number of unbranched alkanes of at least 4 members (excludes halogenated alkanes) is 2. The molecule has 2 saturated heterocycles. The normalized spacial score (nSPS) is 22.2. The van der Waals surface area contributed by atoms with Gasteiger partial charge in [-0.25, -0.2) is 0 Å². The van der Waals surface area contributed by atoms with Crippen LogP contribution in [0.4, 0.5) is 0 Å². The third-order valence-corrected chi connectivity index (χ3v) is 6.22. The highest BCUT2D eigenvalue weighted by Gasteiger charge is 2.47. The van der Waals surface area contributed by atoms with Crippen LogP contribution in [-0.2, 0) is 14.3 Å². The van der Waals surface area contributed by atoms with Crippen LogP contribution in [0.3, 0.4) is 0 Å². The number of ether oxygens (including phenoxy) is 2. The van der Waals surface area contributed by atoms with Crippen LogP contribution in [0, 0.1) is 0 Å². The van der Waals surface area contributed by atoms with E-state index < -0.39 is 17.7 Å². The zero-order valence-corrected chi connectivity index (χ0v) is 19.0. The van der Waals surface area contributed by atoms with Crippen molar-refractivity contribution in [1.82, 2.24) is 4.90 Å². The molecule has 6 heteroatoms. The maximum atomic E-state index is 13.1. The molecule has 2 aromatic carbocycles. The van der Waals surface area contributed by atoms with Crippen molar-refractivity contribution in [2.75, 3.05) is 19.8 Å². The highest BCUT2D eigenvalue weighted by molar-refractivity contribution is 6.46. The minimum Gasteiger partial charge on any atom is -0.507 e. The molecule has 2 fully saturated rings. The monoisotopic (exact) mass is 449 g/mol. The van der Waals surface area contributed by atoms with Crippen LogP contribution >= 0.6 is 0 Å². The molecule has 6 nitrogen and oxygen atoms in total. The molecule has 0 aromatic heterocycles. The number of nitrogens with zero attached hydrogens (tertiary/aromatic N) is 1. The molecule has 2 aliphatic heterocycles. The maximum Gasteiger partial charge on any atom is 0.295 e. The molecule has 2 atom stereocenters. The van der Waals surface area contributed by atoms with Crippen molar-refractivity contribution in [1.29, 1.82) is 0 Å². The first-order valence-corrected chi connectivity index (χ1v) is 11.8. The summed E-state index contributed by atoms with van der Waals surface area (Å²) >= 11 is 0. The van der Waals surface area contributed by atoms with E-state index in [-0.39, 0.29) is 17.4 Å². The lowest BCUT2D eigenvalue weighted by Gasteiger charge is -2.27. The van der Waals surface area contributed by atoms with Crippen LogP contribution in [0.25, 0.3) is 5.76 Å². The van der Waals surface area contributed by atoms with Gasteiger partial charge in [0.1, 0.15) is 11.5 Å². The molecular weight excluding hydrogens is 418 g/mol. The number of ketones is 1. The largest absolute Gasteiger partial charge is 0.507 e. The third kappa shape index (κ3) is 5.11. The average molecular weight is 450 g/mol. The van der Waals surface area contributed by atoms with Crippen LogP contribution in [-0.4, -0.2) is 47.6 Å². The number of carbonyl (C=O) groups excluding carboxylic acids is 2. The number of likely N-dealkylation sites (tertiary alicyclic amines) is 1. The minimum atomic E-state index is -0.677. The first kappa shape index (κ1) is 23.1. The van der Waals surface area contributed by atoms with Gasteiger partial charge in [0.25, 0.3) is 11.7 Å². The number of amides is 1. The van der Waals surface area contributed by atoms with Gasteiger partial charge in [0.05, 0.1) is 24.3 Å². The molecule has 174 valence electrons. The molecule has 1 amide bonds. The van der Waals surface area contributed by atoms with Crippen molar-refractivity contribution in [3.8, 4) is 5.75 Å². The van der Waals surface area contributed by atoms with Gasteiger partial charge in [0, 0.05) is 18.7 Å². The van der Waals surface area contributed by atoms with E-state index in [9.17, 15) is 14.7 Å². The van der Waals surface area contributed by atoms with Crippen molar-refractivity contribution in [3.63, 3.8) is 0 Å². The van der Waals surface area contributed by atoms with Gasteiger partial charge in [-0.1, -0.05) is 62.2 Å². The van der Waals surface area contributed by atoms with Gasteiger partial charge in [-0.15, -0.1) is 0 Å². The topological polar surface area (TPSA) is 76.1 Å². The standard InChI is InChI=1S/C27H31NO5/c1-2-3-7-16-32-21-14-12-19(13-15-21)24-23(25(29)20-9-5-4-6-10-20)26(30)27(31)28(24)18-22-11-8-17-33-22/h4-6,9-10,12-15,22,24,29H,2-3,7-8,11,16-18H2,1H3/b25-23+. The quantitative estimate of drug-likeness (QED) is 0.256. The second kappa shape index (κ2) is 10.7. The van der Waals surface area contributed by atoms with Gasteiger partial charge < -0.3 is 19.5 Å². The number of hydrogen-bond donors (Lipinski definition) is 1. The van der Waals surface area contributed by atoms with Crippen LogP contribution in [0.5, 0.6) is 5.75 Å². The number of rotatable bonds is 9. The van der Waals surface area contributed by atoms with Crippen molar-refractivity contribution >= 4 is 17.4 Å². The van der Waals surface area contributed by atoms with Crippen LogP contribution in [0.15, 0.2) is 60.2 Å². The summed E-state index contributed by atoms with van der Waals surface area (Å²) in [6, 6.07) is 15.6. The minimum absolute atomic E-state index is 0.108. The smallest absolute Gasteiger partial charge is 0.295 e. The zero-order valence-electron chi connectivity index (χ0n) is 19.0. The van der Waals surface area contributed by atoms with E-state index in [0.29, 0.717) is 25.3 Å². The molecule has 4 rings (SSSR count). The molecule has 0 aliphatic carbocycles. The van der Waals surface area contributed by atoms with Gasteiger partial charge in [-0.2, -0.15) is 0 Å². The Hall–Kier alpha value is -3.12. The van der Waals surface area contributed by atoms with Crippen molar-refractivity contribution < 1.29 is 24.2 Å². The molecule has 2 heterocycles. The number of benzene rings is 2. The summed E-state index contributed by atoms with van der Waals surface area (Å²) in [6.07, 6.45) is 4.93. The number of Topliss-reactive ketones (excluding diaryl/α,β-unsaturated/α-hetero) is 1. The van der Waals surface area contributed by atoms with Gasteiger partial charge in [-0.3, -0.25) is 9.59 Å². The second-order valence-electron chi connectivity index (χ2n) is 8.58. The molecule has 0 saturated carbocycles. The molecule has 2 aromatic rings. The average Bonchev–Trinajstić information content (AvgIpc) is 3.45. The highest BCUT2D eigenvalue weighted by Crippen LogP contribution is 2.40. The Morgan fingerprint density at radius 1 is 1.09 bits per heavy atom. The van der Waals surface area contributed by atoms with Crippen molar-refractivity contribution in [2.45, 2.75) is 51.2 Å². The summed E-state index contributed by atoms with van der Waals surface area (Å²) in [5.41, 5.74) is 1.37. The molecule has 33 heavy (non-hydrogen) atoms. The number of aliphatic hydroxyl groups excluding tert-OH is 1. The van der Waals surface area contributed by atoms with E-state index >= 15 is 0 Å². The number of carbonyl (C=O) groups is 2. The Labute approximate surface area is 194 Å². The Bertz CT molecular complexity index is 993. The fourth-order valence-electron chi connectivity index (χ4n) is 4.46. The van der Waals surface area contributed by atoms with Gasteiger partial charge >= 0.3 is 0 Å². The molecule has 2 aliphatic rings. The fraction of sp³-hybridized carbons (Fsp3) is 0.407. The van der Waals surface area contributed by atoms with Crippen LogP contribution in [0.2, 0.25) is 0 Å². The first-order chi connectivity index (χ1) is 16.1. The first-order valence-electron chi connectivity index (χ1n) is 11.8. The van der Waals surface area contributed by atoms with Gasteiger partial charge in [0.2, 0.25) is 0 Å². The Kier molecular flexibility index (Phi) is 7.45. The number of aliphatic hydroxyl groups is 1. The third-order valence-electron chi connectivity index (χ3n) is 6.22. The SMILES string of the molecule is CCCCCOc1ccc(C2/C(=C(\O)c3ccccc3)C(=O)C(=O)N2CC2CCCO2)cc1. The molecular formula is C27H31NO5. The summed E-state index contributed by atoms with van der Waals surface area (Å²) in [6.45, 7) is 3.78. The number of hydrogen-bond acceptors (Lipinski definition) is 5. The molecule has 1 N–H and O–H groups in total. The summed E-state index contributed by atoms with van der Waals surface area (Å²) in [5.74, 6) is -0.685. The zero-order chi connectivity index (χ0) is 23.2. The highest BCUT2D eigenvalue weighted by atomic mass is 16.5. The van der Waals surface area contributed by atoms with Crippen LogP contribution in [0.1, 0.15) is 56.2 Å². The maximum absolute atomic E-state index is 13.1. The molecule has 2 unspecified atom stereocenters. The van der Waals surface area contributed by atoms with Gasteiger partial charge in [-0.05, 0) is 37.0 Å². The Morgan fingerprint density at radius 2 is 1.85 bits per heavy atom. The van der Waals surface area contributed by atoms with Crippen molar-refractivity contribution in [2.24, 2.45) is 0 Å². The van der Waals surface area contributed by atoms with E-state index in [1.54, 1.807) is 29.2 Å². The fourth-order valence-corrected chi connectivity index (χ4v) is 4.46. The predicted octanol–water partition coefficient (Wildman–Crippen LogP) is 4.86. The lowest BCUT2D eigenvalue weighted by molar-refractivity contribution is -0.140. The summed E-state index contributed by atoms with van der Waals surface area (Å²) in [5, 5.41) is 11.1. The van der Waals surface area contributed by atoms with E-state index in [2.05, 4.69) is 6.92 Å². The van der Waals surface area contributed by atoms with E-state index in [4.69, 9.17) is 9.47 Å².